The summed E-state index contributed by atoms with van der Waals surface area (Å²) in [5.41, 5.74) is 0. The molecule has 1 N–H and O–H groups in total. The van der Waals surface area contributed by atoms with Crippen LogP contribution in [0.25, 0.3) is 0 Å². The lowest BCUT2D eigenvalue weighted by molar-refractivity contribution is -0.141. The standard InChI is InChI=1S/C11H13ClN2O4S/c1-7-4-6-14(9(7)11(15)16)19(17,18)8-3-2-5-13-10(8)12/h2-3,5,7,9H,4,6H2,1H3,(H,15,16). The molecule has 1 aliphatic rings. The fourth-order valence-electron chi connectivity index (χ4n) is 2.24. The van der Waals surface area contributed by atoms with Gasteiger partial charge >= 0.3 is 5.97 Å². The van der Waals surface area contributed by atoms with Gasteiger partial charge in [0.05, 0.1) is 0 Å². The molecule has 2 unspecified atom stereocenters. The molecular weight excluding hydrogens is 292 g/mol. The first-order chi connectivity index (χ1) is 8.85. The Morgan fingerprint density at radius 1 is 1.58 bits per heavy atom. The zero-order chi connectivity index (χ0) is 14.2. The highest BCUT2D eigenvalue weighted by Gasteiger charge is 2.44. The Balaban J connectivity index is 2.46. The van der Waals surface area contributed by atoms with Gasteiger partial charge in [0.1, 0.15) is 16.1 Å². The van der Waals surface area contributed by atoms with Crippen molar-refractivity contribution in [2.45, 2.75) is 24.3 Å². The summed E-state index contributed by atoms with van der Waals surface area (Å²) in [6.07, 6.45) is 1.89. The Labute approximate surface area is 116 Å². The summed E-state index contributed by atoms with van der Waals surface area (Å²) in [4.78, 5) is 14.8. The monoisotopic (exact) mass is 304 g/mol. The quantitative estimate of drug-likeness (QED) is 0.848. The predicted molar refractivity (Wildman–Crippen MR) is 68.3 cm³/mol. The van der Waals surface area contributed by atoms with E-state index in [-0.39, 0.29) is 22.5 Å². The number of aliphatic carboxylic acids is 1. The van der Waals surface area contributed by atoms with Crippen molar-refractivity contribution in [1.29, 1.82) is 0 Å². The maximum Gasteiger partial charge on any atom is 0.322 e. The SMILES string of the molecule is CC1CCN(S(=O)(=O)c2cccnc2Cl)C1C(=O)O. The lowest BCUT2D eigenvalue weighted by Crippen LogP contribution is -2.42. The molecule has 104 valence electrons. The third kappa shape index (κ3) is 2.45. The first-order valence-electron chi connectivity index (χ1n) is 5.71. The van der Waals surface area contributed by atoms with Crippen molar-refractivity contribution in [3.63, 3.8) is 0 Å². The van der Waals surface area contributed by atoms with Crippen LogP contribution in [0.5, 0.6) is 0 Å². The fraction of sp³-hybridized carbons (Fsp3) is 0.455. The minimum Gasteiger partial charge on any atom is -0.480 e. The maximum absolute atomic E-state index is 12.5. The van der Waals surface area contributed by atoms with Crippen LogP contribution < -0.4 is 0 Å². The van der Waals surface area contributed by atoms with Gasteiger partial charge in [0.25, 0.3) is 0 Å². The zero-order valence-electron chi connectivity index (χ0n) is 10.2. The highest BCUT2D eigenvalue weighted by atomic mass is 35.5. The first-order valence-corrected chi connectivity index (χ1v) is 7.52. The summed E-state index contributed by atoms with van der Waals surface area (Å²) in [6.45, 7) is 1.89. The number of hydrogen-bond acceptors (Lipinski definition) is 4. The highest BCUT2D eigenvalue weighted by Crippen LogP contribution is 2.32. The normalized spacial score (nSPS) is 24.5. The molecule has 0 saturated carbocycles. The lowest BCUT2D eigenvalue weighted by Gasteiger charge is -2.22. The van der Waals surface area contributed by atoms with Gasteiger partial charge in [0.15, 0.2) is 0 Å². The number of halogens is 1. The largest absolute Gasteiger partial charge is 0.480 e. The van der Waals surface area contributed by atoms with E-state index < -0.39 is 22.0 Å². The fourth-order valence-corrected chi connectivity index (χ4v) is 4.36. The number of nitrogens with zero attached hydrogens (tertiary/aromatic N) is 2. The van der Waals surface area contributed by atoms with Gasteiger partial charge in [-0.2, -0.15) is 4.31 Å². The number of rotatable bonds is 3. The lowest BCUT2D eigenvalue weighted by atomic mass is 10.0. The van der Waals surface area contributed by atoms with Crippen molar-refractivity contribution in [2.75, 3.05) is 6.54 Å². The predicted octanol–water partition coefficient (Wildman–Crippen LogP) is 1.22. The van der Waals surface area contributed by atoms with Crippen LogP contribution >= 0.6 is 11.6 Å². The molecule has 1 fully saturated rings. The van der Waals surface area contributed by atoms with E-state index in [1.54, 1.807) is 6.92 Å². The molecule has 1 aromatic heterocycles. The molecule has 1 aromatic rings. The summed E-state index contributed by atoms with van der Waals surface area (Å²) >= 11 is 5.79. The number of carboxylic acids is 1. The van der Waals surface area contributed by atoms with Gasteiger partial charge in [-0.25, -0.2) is 13.4 Å². The molecule has 1 aliphatic heterocycles. The van der Waals surface area contributed by atoms with E-state index in [2.05, 4.69) is 4.98 Å². The molecule has 0 bridgehead atoms. The van der Waals surface area contributed by atoms with E-state index >= 15 is 0 Å². The van der Waals surface area contributed by atoms with Crippen molar-refractivity contribution in [3.8, 4) is 0 Å². The number of aromatic nitrogens is 1. The van der Waals surface area contributed by atoms with Crippen LogP contribution in [0.15, 0.2) is 23.2 Å². The molecule has 2 heterocycles. The third-order valence-electron chi connectivity index (χ3n) is 3.22. The molecule has 19 heavy (non-hydrogen) atoms. The van der Waals surface area contributed by atoms with Crippen LogP contribution in [0, 0.1) is 5.92 Å². The van der Waals surface area contributed by atoms with Crippen LogP contribution in [-0.2, 0) is 14.8 Å². The smallest absolute Gasteiger partial charge is 0.322 e. The summed E-state index contributed by atoms with van der Waals surface area (Å²) in [6, 6.07) is 1.72. The molecule has 0 aliphatic carbocycles. The summed E-state index contributed by atoms with van der Waals surface area (Å²) in [5, 5.41) is 9.03. The van der Waals surface area contributed by atoms with E-state index in [0.29, 0.717) is 6.42 Å². The molecule has 2 atom stereocenters. The van der Waals surface area contributed by atoms with Crippen LogP contribution in [0.1, 0.15) is 13.3 Å². The topological polar surface area (TPSA) is 87.6 Å². The second-order valence-corrected chi connectivity index (χ2v) is 6.67. The molecule has 1 saturated heterocycles. The second-order valence-electron chi connectivity index (χ2n) is 4.46. The van der Waals surface area contributed by atoms with Gasteiger partial charge in [-0.3, -0.25) is 4.79 Å². The van der Waals surface area contributed by atoms with Crippen LogP contribution in [-0.4, -0.2) is 41.4 Å². The van der Waals surface area contributed by atoms with Crippen LogP contribution in [0.3, 0.4) is 0 Å². The molecule has 0 aromatic carbocycles. The molecule has 0 spiro atoms. The van der Waals surface area contributed by atoms with Crippen LogP contribution in [0.2, 0.25) is 5.15 Å². The number of sulfonamides is 1. The average Bonchev–Trinajstić information content (AvgIpc) is 2.72. The summed E-state index contributed by atoms with van der Waals surface area (Å²) in [5.74, 6) is -1.38. The van der Waals surface area contributed by atoms with Gasteiger partial charge in [0.2, 0.25) is 10.0 Å². The average molecular weight is 305 g/mol. The van der Waals surface area contributed by atoms with Gasteiger partial charge < -0.3 is 5.11 Å². The van der Waals surface area contributed by atoms with Crippen molar-refractivity contribution in [3.05, 3.63) is 23.5 Å². The minimum absolute atomic E-state index is 0.147. The Bertz CT molecular complexity index is 604. The van der Waals surface area contributed by atoms with Gasteiger partial charge in [-0.05, 0) is 24.5 Å². The minimum atomic E-state index is -3.94. The molecule has 8 heteroatoms. The van der Waals surface area contributed by atoms with Gasteiger partial charge in [-0.1, -0.05) is 18.5 Å². The first kappa shape index (κ1) is 14.2. The maximum atomic E-state index is 12.5. The van der Waals surface area contributed by atoms with E-state index in [9.17, 15) is 18.3 Å². The molecule has 2 rings (SSSR count). The second kappa shape index (κ2) is 5.07. The number of hydrogen-bond donors (Lipinski definition) is 1. The third-order valence-corrected chi connectivity index (χ3v) is 5.54. The van der Waals surface area contributed by atoms with Crippen molar-refractivity contribution in [2.24, 2.45) is 5.92 Å². The number of pyridine rings is 1. The Morgan fingerprint density at radius 2 is 2.26 bits per heavy atom. The van der Waals surface area contributed by atoms with Gasteiger partial charge in [-0.15, -0.1) is 0 Å². The van der Waals surface area contributed by atoms with Gasteiger partial charge in [0, 0.05) is 12.7 Å². The number of carbonyl (C=O) groups is 1. The Morgan fingerprint density at radius 3 is 2.84 bits per heavy atom. The zero-order valence-corrected chi connectivity index (χ0v) is 11.7. The molecule has 0 amide bonds. The van der Waals surface area contributed by atoms with Crippen LogP contribution in [0.4, 0.5) is 0 Å². The highest BCUT2D eigenvalue weighted by molar-refractivity contribution is 7.89. The summed E-state index contributed by atoms with van der Waals surface area (Å²) in [7, 11) is -3.94. The molecular formula is C11H13ClN2O4S. The Kier molecular flexibility index (Phi) is 3.80. The molecule has 6 nitrogen and oxygen atoms in total. The van der Waals surface area contributed by atoms with E-state index in [0.717, 1.165) is 4.31 Å². The van der Waals surface area contributed by atoms with Crippen molar-refractivity contribution < 1.29 is 18.3 Å². The molecule has 0 radical (unpaired) electrons. The van der Waals surface area contributed by atoms with E-state index in [1.165, 1.54) is 18.3 Å². The summed E-state index contributed by atoms with van der Waals surface area (Å²) < 4.78 is 25.9. The number of carboxylic acid groups (broad SMARTS) is 1. The van der Waals surface area contributed by atoms with Crippen molar-refractivity contribution in [1.82, 2.24) is 9.29 Å². The Hall–Kier alpha value is -1.18. The van der Waals surface area contributed by atoms with E-state index in [4.69, 9.17) is 11.6 Å². The van der Waals surface area contributed by atoms with E-state index in [1.807, 2.05) is 0 Å². The van der Waals surface area contributed by atoms with Crippen molar-refractivity contribution >= 4 is 27.6 Å².